The predicted octanol–water partition coefficient (Wildman–Crippen LogP) is 4.40. The number of ketones is 1. The molecule has 2 aromatic carbocycles. The van der Waals surface area contributed by atoms with E-state index in [-0.39, 0.29) is 40.8 Å². The second-order valence-electron chi connectivity index (χ2n) is 9.69. The highest BCUT2D eigenvalue weighted by molar-refractivity contribution is 7.99. The van der Waals surface area contributed by atoms with Crippen LogP contribution in [0.4, 0.5) is 0 Å². The molecule has 1 saturated heterocycles. The number of amides is 1. The summed E-state index contributed by atoms with van der Waals surface area (Å²) in [5, 5.41) is 12.2. The van der Waals surface area contributed by atoms with Gasteiger partial charge in [-0.15, -0.1) is 11.8 Å². The minimum atomic E-state index is -1.01. The highest BCUT2D eigenvalue weighted by Crippen LogP contribution is 2.28. The lowest BCUT2D eigenvalue weighted by atomic mass is 9.87. The third-order valence-corrected chi connectivity index (χ3v) is 7.44. The molecule has 1 heterocycles. The van der Waals surface area contributed by atoms with Crippen molar-refractivity contribution in [3.63, 3.8) is 0 Å². The monoisotopic (exact) mass is 455 g/mol. The molecular weight excluding hydrogens is 422 g/mol. The van der Waals surface area contributed by atoms with Gasteiger partial charge in [0.05, 0.1) is 11.4 Å². The van der Waals surface area contributed by atoms with E-state index >= 15 is 0 Å². The van der Waals surface area contributed by atoms with Crippen LogP contribution in [-0.4, -0.2) is 40.3 Å². The van der Waals surface area contributed by atoms with Crippen molar-refractivity contribution in [1.29, 1.82) is 0 Å². The van der Waals surface area contributed by atoms with Crippen molar-refractivity contribution in [2.75, 3.05) is 6.61 Å². The number of nitrogens with one attached hydrogen (secondary N) is 1. The Kier molecular flexibility index (Phi) is 7.36. The van der Waals surface area contributed by atoms with Crippen molar-refractivity contribution in [2.24, 2.45) is 0 Å². The van der Waals surface area contributed by atoms with Crippen LogP contribution in [0.2, 0.25) is 0 Å². The second kappa shape index (κ2) is 9.67. The molecule has 5 nitrogen and oxygen atoms in total. The summed E-state index contributed by atoms with van der Waals surface area (Å²) in [4.78, 5) is 25.7. The van der Waals surface area contributed by atoms with Crippen molar-refractivity contribution >= 4 is 23.5 Å². The minimum absolute atomic E-state index is 0.0217. The van der Waals surface area contributed by atoms with Gasteiger partial charge in [-0.25, -0.2) is 0 Å². The summed E-state index contributed by atoms with van der Waals surface area (Å²) < 4.78 is 5.46. The molecule has 0 saturated carbocycles. The zero-order valence-corrected chi connectivity index (χ0v) is 20.3. The van der Waals surface area contributed by atoms with Gasteiger partial charge in [0.25, 0.3) is 0 Å². The number of hydrogen-bond acceptors (Lipinski definition) is 5. The Bertz CT molecular complexity index is 949. The fraction of sp³-hybridized carbons (Fsp3) is 0.462. The van der Waals surface area contributed by atoms with Gasteiger partial charge in [-0.05, 0) is 54.5 Å². The lowest BCUT2D eigenvalue weighted by Gasteiger charge is -2.29. The van der Waals surface area contributed by atoms with Gasteiger partial charge in [0.2, 0.25) is 5.91 Å². The largest absolute Gasteiger partial charge is 0.508 e. The van der Waals surface area contributed by atoms with Gasteiger partial charge in [0.15, 0.2) is 5.78 Å². The first-order valence-electron chi connectivity index (χ1n) is 10.9. The van der Waals surface area contributed by atoms with Gasteiger partial charge in [-0.2, -0.15) is 0 Å². The standard InChI is InChI=1S/C26H33NO4S/c1-17-26(5,23(29)15-31-17)27-24(30)22(14-18-8-12-21(28)13-9-18)32-16-19-6-10-20(11-7-19)25(2,3)4/h6-13,17,22,28H,14-16H2,1-5H3,(H,27,30). The van der Waals surface area contributed by atoms with Crippen molar-refractivity contribution in [1.82, 2.24) is 5.32 Å². The molecule has 2 aromatic rings. The van der Waals surface area contributed by atoms with Crippen LogP contribution in [0.15, 0.2) is 48.5 Å². The highest BCUT2D eigenvalue weighted by atomic mass is 32.2. The Labute approximate surface area is 194 Å². The third-order valence-electron chi connectivity index (χ3n) is 6.16. The zero-order valence-electron chi connectivity index (χ0n) is 19.5. The van der Waals surface area contributed by atoms with Gasteiger partial charge >= 0.3 is 0 Å². The maximum absolute atomic E-state index is 13.3. The Morgan fingerprint density at radius 3 is 2.28 bits per heavy atom. The van der Waals surface area contributed by atoms with Crippen LogP contribution in [0, 0.1) is 0 Å². The van der Waals surface area contributed by atoms with Crippen LogP contribution < -0.4 is 5.32 Å². The van der Waals surface area contributed by atoms with Crippen LogP contribution in [0.1, 0.15) is 51.3 Å². The van der Waals surface area contributed by atoms with Gasteiger partial charge in [-0.1, -0.05) is 57.2 Å². The first-order chi connectivity index (χ1) is 15.0. The molecule has 6 heteroatoms. The Morgan fingerprint density at radius 2 is 1.75 bits per heavy atom. The third kappa shape index (κ3) is 5.73. The number of hydrogen-bond donors (Lipinski definition) is 2. The average molecular weight is 456 g/mol. The van der Waals surface area contributed by atoms with E-state index in [2.05, 4.69) is 50.4 Å². The zero-order chi connectivity index (χ0) is 23.5. The first-order valence-corrected chi connectivity index (χ1v) is 12.0. The molecule has 1 fully saturated rings. The molecule has 2 N–H and O–H groups in total. The molecule has 1 amide bonds. The lowest BCUT2D eigenvalue weighted by Crippen LogP contribution is -2.57. The lowest BCUT2D eigenvalue weighted by molar-refractivity contribution is -0.129. The summed E-state index contributed by atoms with van der Waals surface area (Å²) in [5.41, 5.74) is 2.44. The molecule has 3 atom stereocenters. The quantitative estimate of drug-likeness (QED) is 0.647. The number of ether oxygens (including phenoxy) is 1. The Balaban J connectivity index is 1.75. The number of rotatable bonds is 7. The van der Waals surface area contributed by atoms with E-state index in [1.165, 1.54) is 5.56 Å². The normalized spacial score (nSPS) is 22.0. The maximum atomic E-state index is 13.3. The minimum Gasteiger partial charge on any atom is -0.508 e. The van der Waals surface area contributed by atoms with Gasteiger partial charge in [0.1, 0.15) is 17.9 Å². The molecule has 3 rings (SSSR count). The van der Waals surface area contributed by atoms with Crippen LogP contribution in [0.5, 0.6) is 5.75 Å². The fourth-order valence-corrected chi connectivity index (χ4v) is 4.73. The summed E-state index contributed by atoms with van der Waals surface area (Å²) >= 11 is 1.55. The number of carbonyl (C=O) groups is 2. The fourth-order valence-electron chi connectivity index (χ4n) is 3.62. The van der Waals surface area contributed by atoms with Crippen LogP contribution in [0.25, 0.3) is 0 Å². The van der Waals surface area contributed by atoms with Crippen LogP contribution in [-0.2, 0) is 31.9 Å². The molecule has 172 valence electrons. The Morgan fingerprint density at radius 1 is 1.16 bits per heavy atom. The van der Waals surface area contributed by atoms with Gasteiger partial charge in [0, 0.05) is 5.75 Å². The molecule has 0 aromatic heterocycles. The summed E-state index contributed by atoms with van der Waals surface area (Å²) in [5.74, 6) is 0.584. The molecule has 1 aliphatic heterocycles. The first kappa shape index (κ1) is 24.3. The van der Waals surface area contributed by atoms with Crippen LogP contribution >= 0.6 is 11.8 Å². The molecule has 0 radical (unpaired) electrons. The van der Waals surface area contributed by atoms with E-state index in [9.17, 15) is 14.7 Å². The van der Waals surface area contributed by atoms with Crippen molar-refractivity contribution < 1.29 is 19.4 Å². The number of thioether (sulfide) groups is 1. The van der Waals surface area contributed by atoms with E-state index in [0.717, 1.165) is 11.1 Å². The maximum Gasteiger partial charge on any atom is 0.234 e. The number of Topliss-reactive ketones (excluding diaryl/α,β-unsaturated/α-hetero) is 1. The van der Waals surface area contributed by atoms with E-state index in [4.69, 9.17) is 4.74 Å². The van der Waals surface area contributed by atoms with Gasteiger partial charge < -0.3 is 15.2 Å². The predicted molar refractivity (Wildman–Crippen MR) is 129 cm³/mol. The highest BCUT2D eigenvalue weighted by Gasteiger charge is 2.46. The van der Waals surface area contributed by atoms with E-state index in [1.807, 2.05) is 19.1 Å². The molecule has 0 bridgehead atoms. The van der Waals surface area contributed by atoms with Crippen molar-refractivity contribution in [3.05, 3.63) is 65.2 Å². The number of aromatic hydroxyl groups is 1. The number of phenolic OH excluding ortho intramolecular Hbond substituents is 1. The van der Waals surface area contributed by atoms with Gasteiger partial charge in [-0.3, -0.25) is 9.59 Å². The number of phenols is 1. The molecule has 1 aliphatic rings. The number of carbonyl (C=O) groups excluding carboxylic acids is 2. The summed E-state index contributed by atoms with van der Waals surface area (Å²) in [6, 6.07) is 15.4. The molecular formula is C26H33NO4S. The average Bonchev–Trinajstić information content (AvgIpc) is 2.99. The SMILES string of the molecule is CC1OCC(=O)C1(C)NC(=O)C(Cc1ccc(O)cc1)SCc1ccc(C(C)(C)C)cc1. The summed E-state index contributed by atoms with van der Waals surface area (Å²) in [6.45, 7) is 10.1. The van der Waals surface area contributed by atoms with Crippen molar-refractivity contribution in [3.8, 4) is 5.75 Å². The molecule has 0 spiro atoms. The Hall–Kier alpha value is -2.31. The van der Waals surface area contributed by atoms with E-state index < -0.39 is 5.54 Å². The topological polar surface area (TPSA) is 75.6 Å². The molecule has 3 unspecified atom stereocenters. The molecule has 32 heavy (non-hydrogen) atoms. The second-order valence-corrected chi connectivity index (χ2v) is 10.9. The summed E-state index contributed by atoms with van der Waals surface area (Å²) in [6.07, 6.45) is 0.124. The molecule has 0 aliphatic carbocycles. The smallest absolute Gasteiger partial charge is 0.234 e. The number of benzene rings is 2. The van der Waals surface area contributed by atoms with Crippen molar-refractivity contribution in [2.45, 2.75) is 69.1 Å². The van der Waals surface area contributed by atoms with E-state index in [1.54, 1.807) is 30.8 Å². The van der Waals surface area contributed by atoms with E-state index in [0.29, 0.717) is 12.2 Å². The van der Waals surface area contributed by atoms with Crippen LogP contribution in [0.3, 0.4) is 0 Å². The summed E-state index contributed by atoms with van der Waals surface area (Å²) in [7, 11) is 0.